The molecular weight excluding hydrogens is 258 g/mol. The van der Waals surface area contributed by atoms with Gasteiger partial charge in [-0.05, 0) is 24.3 Å². The van der Waals surface area contributed by atoms with Crippen LogP contribution >= 0.6 is 15.9 Å². The van der Waals surface area contributed by atoms with Gasteiger partial charge in [0, 0.05) is 15.4 Å². The average Bonchev–Trinajstić information content (AvgIpc) is 2.84. The van der Waals surface area contributed by atoms with Gasteiger partial charge in [-0.15, -0.1) is 10.2 Å². The molecule has 1 aromatic carbocycles. The Bertz CT molecular complexity index is 600. The standard InChI is InChI=1S/C10H6BrN3O/c11-7-1-2-8-6(3-7)4-9(13-8)10-14-12-5-15-10/h1-5,13H. The molecular formula is C10H6BrN3O. The summed E-state index contributed by atoms with van der Waals surface area (Å²) in [6.45, 7) is 0. The summed E-state index contributed by atoms with van der Waals surface area (Å²) >= 11 is 3.43. The van der Waals surface area contributed by atoms with Crippen molar-refractivity contribution < 1.29 is 4.42 Å². The molecule has 0 aliphatic rings. The summed E-state index contributed by atoms with van der Waals surface area (Å²) in [6, 6.07) is 8.00. The summed E-state index contributed by atoms with van der Waals surface area (Å²) in [6.07, 6.45) is 1.32. The van der Waals surface area contributed by atoms with E-state index in [2.05, 4.69) is 31.1 Å². The third-order valence-corrected chi connectivity index (χ3v) is 2.67. The van der Waals surface area contributed by atoms with Crippen LogP contribution in [0.1, 0.15) is 0 Å². The Labute approximate surface area is 93.4 Å². The van der Waals surface area contributed by atoms with E-state index in [-0.39, 0.29) is 0 Å². The highest BCUT2D eigenvalue weighted by molar-refractivity contribution is 9.10. The van der Waals surface area contributed by atoms with Gasteiger partial charge >= 0.3 is 0 Å². The largest absolute Gasteiger partial charge is 0.422 e. The molecule has 2 heterocycles. The molecule has 0 spiro atoms. The van der Waals surface area contributed by atoms with Gasteiger partial charge in [-0.2, -0.15) is 0 Å². The van der Waals surface area contributed by atoms with E-state index in [0.29, 0.717) is 5.89 Å². The molecule has 1 N–H and O–H groups in total. The van der Waals surface area contributed by atoms with Crippen LogP contribution in [0.15, 0.2) is 39.5 Å². The molecule has 0 saturated carbocycles. The van der Waals surface area contributed by atoms with Crippen LogP contribution < -0.4 is 0 Å². The molecule has 0 unspecified atom stereocenters. The molecule has 0 aliphatic heterocycles. The number of benzene rings is 1. The van der Waals surface area contributed by atoms with Crippen LogP contribution in [0.5, 0.6) is 0 Å². The zero-order chi connectivity index (χ0) is 10.3. The predicted molar refractivity (Wildman–Crippen MR) is 59.3 cm³/mol. The quantitative estimate of drug-likeness (QED) is 0.735. The third-order valence-electron chi connectivity index (χ3n) is 2.17. The normalized spacial score (nSPS) is 11.0. The minimum atomic E-state index is 0.502. The van der Waals surface area contributed by atoms with Crippen molar-refractivity contribution in [3.8, 4) is 11.6 Å². The molecule has 5 heteroatoms. The number of fused-ring (bicyclic) bond motifs is 1. The SMILES string of the molecule is Brc1ccc2[nH]c(-c3nnco3)cc2c1. The van der Waals surface area contributed by atoms with E-state index in [0.717, 1.165) is 21.1 Å². The molecule has 0 bridgehead atoms. The average molecular weight is 264 g/mol. The first-order chi connectivity index (χ1) is 7.33. The van der Waals surface area contributed by atoms with Gasteiger partial charge in [-0.25, -0.2) is 0 Å². The van der Waals surface area contributed by atoms with E-state index in [9.17, 15) is 0 Å². The molecule has 15 heavy (non-hydrogen) atoms. The van der Waals surface area contributed by atoms with Gasteiger partial charge in [0.25, 0.3) is 5.89 Å². The summed E-state index contributed by atoms with van der Waals surface area (Å²) in [5.74, 6) is 0.502. The van der Waals surface area contributed by atoms with Gasteiger partial charge < -0.3 is 9.40 Å². The number of nitrogens with zero attached hydrogens (tertiary/aromatic N) is 2. The van der Waals surface area contributed by atoms with Crippen LogP contribution in [0.2, 0.25) is 0 Å². The Hall–Kier alpha value is -1.62. The van der Waals surface area contributed by atoms with Gasteiger partial charge in [-0.3, -0.25) is 0 Å². The first-order valence-electron chi connectivity index (χ1n) is 4.38. The lowest BCUT2D eigenvalue weighted by Gasteiger charge is -1.89. The minimum absolute atomic E-state index is 0.502. The van der Waals surface area contributed by atoms with Crippen molar-refractivity contribution in [2.75, 3.05) is 0 Å². The lowest BCUT2D eigenvalue weighted by molar-refractivity contribution is 0.567. The maximum absolute atomic E-state index is 5.11. The van der Waals surface area contributed by atoms with Gasteiger partial charge in [0.15, 0.2) is 0 Å². The van der Waals surface area contributed by atoms with E-state index >= 15 is 0 Å². The van der Waals surface area contributed by atoms with Crippen LogP contribution in [0, 0.1) is 0 Å². The number of aromatic amines is 1. The lowest BCUT2D eigenvalue weighted by Crippen LogP contribution is -1.75. The number of aromatic nitrogens is 3. The van der Waals surface area contributed by atoms with Gasteiger partial charge in [0.05, 0.1) is 0 Å². The zero-order valence-corrected chi connectivity index (χ0v) is 9.15. The molecule has 0 saturated heterocycles. The molecule has 2 aromatic heterocycles. The first kappa shape index (κ1) is 8.67. The van der Waals surface area contributed by atoms with Crippen LogP contribution in [0.3, 0.4) is 0 Å². The van der Waals surface area contributed by atoms with Crippen molar-refractivity contribution in [1.29, 1.82) is 0 Å². The molecule has 74 valence electrons. The first-order valence-corrected chi connectivity index (χ1v) is 5.17. The van der Waals surface area contributed by atoms with E-state index in [1.807, 2.05) is 24.3 Å². The van der Waals surface area contributed by atoms with Crippen molar-refractivity contribution in [3.05, 3.63) is 35.1 Å². The number of halogens is 1. The number of rotatable bonds is 1. The Balaban J connectivity index is 2.22. The molecule has 0 atom stereocenters. The Kier molecular flexibility index (Phi) is 1.85. The summed E-state index contributed by atoms with van der Waals surface area (Å²) in [5, 5.41) is 8.59. The third kappa shape index (κ3) is 1.45. The van der Waals surface area contributed by atoms with Gasteiger partial charge in [0.1, 0.15) is 5.69 Å². The fraction of sp³-hybridized carbons (Fsp3) is 0. The second-order valence-electron chi connectivity index (χ2n) is 3.16. The molecule has 0 aliphatic carbocycles. The summed E-state index contributed by atoms with van der Waals surface area (Å²) < 4.78 is 6.16. The second-order valence-corrected chi connectivity index (χ2v) is 4.07. The fourth-order valence-electron chi connectivity index (χ4n) is 1.51. The monoisotopic (exact) mass is 263 g/mol. The molecule has 4 nitrogen and oxygen atoms in total. The van der Waals surface area contributed by atoms with Crippen molar-refractivity contribution in [2.45, 2.75) is 0 Å². The molecule has 0 fully saturated rings. The maximum atomic E-state index is 5.11. The highest BCUT2D eigenvalue weighted by Crippen LogP contribution is 2.24. The van der Waals surface area contributed by atoms with Crippen molar-refractivity contribution >= 4 is 26.8 Å². The summed E-state index contributed by atoms with van der Waals surface area (Å²) in [7, 11) is 0. The topological polar surface area (TPSA) is 54.7 Å². The van der Waals surface area contributed by atoms with E-state index in [1.54, 1.807) is 0 Å². The van der Waals surface area contributed by atoms with Crippen LogP contribution in [-0.4, -0.2) is 15.2 Å². The number of hydrogen-bond acceptors (Lipinski definition) is 3. The molecule has 3 rings (SSSR count). The van der Waals surface area contributed by atoms with E-state index in [4.69, 9.17) is 4.42 Å². The highest BCUT2D eigenvalue weighted by atomic mass is 79.9. The smallest absolute Gasteiger partial charge is 0.263 e. The van der Waals surface area contributed by atoms with Crippen molar-refractivity contribution in [3.63, 3.8) is 0 Å². The lowest BCUT2D eigenvalue weighted by atomic mass is 10.2. The zero-order valence-electron chi connectivity index (χ0n) is 7.57. The van der Waals surface area contributed by atoms with E-state index < -0.39 is 0 Å². The fourth-order valence-corrected chi connectivity index (χ4v) is 1.89. The van der Waals surface area contributed by atoms with Gasteiger partial charge in [-0.1, -0.05) is 15.9 Å². The summed E-state index contributed by atoms with van der Waals surface area (Å²) in [5.41, 5.74) is 1.88. The predicted octanol–water partition coefficient (Wildman–Crippen LogP) is 2.98. The number of hydrogen-bond donors (Lipinski definition) is 1. The maximum Gasteiger partial charge on any atom is 0.263 e. The Morgan fingerprint density at radius 2 is 2.20 bits per heavy atom. The number of nitrogens with one attached hydrogen (secondary N) is 1. The Morgan fingerprint density at radius 1 is 1.27 bits per heavy atom. The molecule has 0 radical (unpaired) electrons. The van der Waals surface area contributed by atoms with E-state index in [1.165, 1.54) is 6.39 Å². The minimum Gasteiger partial charge on any atom is -0.422 e. The van der Waals surface area contributed by atoms with Crippen molar-refractivity contribution in [2.24, 2.45) is 0 Å². The molecule has 0 amide bonds. The van der Waals surface area contributed by atoms with Crippen LogP contribution in [-0.2, 0) is 0 Å². The number of H-pyrrole nitrogens is 1. The highest BCUT2D eigenvalue weighted by Gasteiger charge is 2.07. The molecule has 3 aromatic rings. The Morgan fingerprint density at radius 3 is 3.00 bits per heavy atom. The van der Waals surface area contributed by atoms with Gasteiger partial charge in [0.2, 0.25) is 6.39 Å². The van der Waals surface area contributed by atoms with Crippen LogP contribution in [0.4, 0.5) is 0 Å². The second kappa shape index (κ2) is 3.20. The van der Waals surface area contributed by atoms with Crippen LogP contribution in [0.25, 0.3) is 22.5 Å². The van der Waals surface area contributed by atoms with Crippen molar-refractivity contribution in [1.82, 2.24) is 15.2 Å². The summed E-state index contributed by atoms with van der Waals surface area (Å²) in [4.78, 5) is 3.21.